The molecule has 0 amide bonds. The van der Waals surface area contributed by atoms with Gasteiger partial charge in [0, 0.05) is 19.6 Å². The van der Waals surface area contributed by atoms with Crippen molar-refractivity contribution in [3.05, 3.63) is 35.4 Å². The number of aryl methyl sites for hydroxylation is 1. The van der Waals surface area contributed by atoms with Gasteiger partial charge in [0.25, 0.3) is 0 Å². The van der Waals surface area contributed by atoms with Gasteiger partial charge in [-0.25, -0.2) is 0 Å². The van der Waals surface area contributed by atoms with Crippen LogP contribution in [0, 0.1) is 6.92 Å². The minimum atomic E-state index is -0.431. The van der Waals surface area contributed by atoms with Crippen molar-refractivity contribution in [2.75, 3.05) is 20.1 Å². The first-order chi connectivity index (χ1) is 7.11. The van der Waals surface area contributed by atoms with Crippen molar-refractivity contribution >= 4 is 0 Å². The lowest BCUT2D eigenvalue weighted by molar-refractivity contribution is 0.129. The Hall–Kier alpha value is -0.900. The predicted octanol–water partition coefficient (Wildman–Crippen LogP) is 0.746. The first-order valence-electron chi connectivity index (χ1n) is 5.24. The largest absolute Gasteiger partial charge is 0.390 e. The standard InChI is InChI=1S/C12H20N2O/c1-10-4-3-5-11(6-10)8-14(2)9-12(15)7-13/h3-6,12,15H,7-9,13H2,1-2H3. The van der Waals surface area contributed by atoms with Crippen molar-refractivity contribution < 1.29 is 5.11 Å². The van der Waals surface area contributed by atoms with Crippen molar-refractivity contribution in [2.24, 2.45) is 5.73 Å². The molecule has 0 fully saturated rings. The van der Waals surface area contributed by atoms with E-state index in [9.17, 15) is 5.11 Å². The Morgan fingerprint density at radius 1 is 1.47 bits per heavy atom. The van der Waals surface area contributed by atoms with E-state index < -0.39 is 6.10 Å². The van der Waals surface area contributed by atoms with E-state index >= 15 is 0 Å². The molecule has 0 heterocycles. The second-order valence-corrected chi connectivity index (χ2v) is 4.08. The van der Waals surface area contributed by atoms with Crippen LogP contribution in [0.4, 0.5) is 0 Å². The van der Waals surface area contributed by atoms with Gasteiger partial charge in [0.2, 0.25) is 0 Å². The SMILES string of the molecule is Cc1cccc(CN(C)CC(O)CN)c1. The molecule has 0 aliphatic heterocycles. The van der Waals surface area contributed by atoms with Gasteiger partial charge < -0.3 is 10.8 Å². The normalized spacial score (nSPS) is 13.1. The Balaban J connectivity index is 2.47. The molecule has 0 saturated carbocycles. The lowest BCUT2D eigenvalue weighted by Crippen LogP contribution is -2.33. The highest BCUT2D eigenvalue weighted by molar-refractivity contribution is 5.21. The molecule has 1 unspecified atom stereocenters. The van der Waals surface area contributed by atoms with Gasteiger partial charge in [0.15, 0.2) is 0 Å². The summed E-state index contributed by atoms with van der Waals surface area (Å²) >= 11 is 0. The first kappa shape index (κ1) is 12.2. The number of aliphatic hydroxyl groups is 1. The van der Waals surface area contributed by atoms with Crippen LogP contribution in [0.15, 0.2) is 24.3 Å². The van der Waals surface area contributed by atoms with Gasteiger partial charge in [-0.2, -0.15) is 0 Å². The smallest absolute Gasteiger partial charge is 0.0789 e. The van der Waals surface area contributed by atoms with Crippen LogP contribution < -0.4 is 5.73 Å². The number of hydrogen-bond acceptors (Lipinski definition) is 3. The highest BCUT2D eigenvalue weighted by atomic mass is 16.3. The quantitative estimate of drug-likeness (QED) is 0.750. The molecule has 0 spiro atoms. The van der Waals surface area contributed by atoms with Crippen molar-refractivity contribution in [2.45, 2.75) is 19.6 Å². The summed E-state index contributed by atoms with van der Waals surface area (Å²) in [5.41, 5.74) is 7.89. The summed E-state index contributed by atoms with van der Waals surface area (Å²) in [5, 5.41) is 9.39. The number of nitrogens with two attached hydrogens (primary N) is 1. The number of aliphatic hydroxyl groups excluding tert-OH is 1. The molecule has 1 rings (SSSR count). The van der Waals surface area contributed by atoms with Gasteiger partial charge in [-0.3, -0.25) is 4.90 Å². The van der Waals surface area contributed by atoms with Gasteiger partial charge in [-0.05, 0) is 19.5 Å². The van der Waals surface area contributed by atoms with E-state index in [1.807, 2.05) is 7.05 Å². The van der Waals surface area contributed by atoms with Crippen molar-refractivity contribution in [1.82, 2.24) is 4.90 Å². The molecule has 0 aromatic heterocycles. The molecule has 1 atom stereocenters. The summed E-state index contributed by atoms with van der Waals surface area (Å²) in [7, 11) is 1.99. The van der Waals surface area contributed by atoms with Gasteiger partial charge >= 0.3 is 0 Å². The molecule has 3 nitrogen and oxygen atoms in total. The summed E-state index contributed by atoms with van der Waals surface area (Å²) in [5.74, 6) is 0. The Morgan fingerprint density at radius 2 is 2.20 bits per heavy atom. The van der Waals surface area contributed by atoms with Crippen molar-refractivity contribution in [3.8, 4) is 0 Å². The fourth-order valence-corrected chi connectivity index (χ4v) is 1.62. The molecule has 0 aliphatic rings. The second kappa shape index (κ2) is 5.85. The molecule has 1 aromatic rings. The maximum atomic E-state index is 9.39. The zero-order valence-electron chi connectivity index (χ0n) is 9.48. The van der Waals surface area contributed by atoms with Crippen LogP contribution >= 0.6 is 0 Å². The maximum absolute atomic E-state index is 9.39. The molecular weight excluding hydrogens is 188 g/mol. The third-order valence-electron chi connectivity index (χ3n) is 2.33. The second-order valence-electron chi connectivity index (χ2n) is 4.08. The molecule has 0 radical (unpaired) electrons. The zero-order chi connectivity index (χ0) is 11.3. The van der Waals surface area contributed by atoms with E-state index in [-0.39, 0.29) is 0 Å². The topological polar surface area (TPSA) is 49.5 Å². The number of hydrogen-bond donors (Lipinski definition) is 2. The minimum absolute atomic E-state index is 0.318. The van der Waals surface area contributed by atoms with E-state index in [0.717, 1.165) is 6.54 Å². The molecule has 0 bridgehead atoms. The fraction of sp³-hybridized carbons (Fsp3) is 0.500. The molecule has 84 valence electrons. The van der Waals surface area contributed by atoms with Crippen molar-refractivity contribution in [3.63, 3.8) is 0 Å². The van der Waals surface area contributed by atoms with E-state index in [2.05, 4.69) is 36.1 Å². The Kier molecular flexibility index (Phi) is 4.75. The number of benzene rings is 1. The summed E-state index contributed by atoms with van der Waals surface area (Å²) in [6, 6.07) is 8.39. The van der Waals surface area contributed by atoms with Crippen LogP contribution in [0.5, 0.6) is 0 Å². The molecule has 3 heteroatoms. The van der Waals surface area contributed by atoms with E-state index in [1.165, 1.54) is 11.1 Å². The molecule has 15 heavy (non-hydrogen) atoms. The van der Waals surface area contributed by atoms with Crippen LogP contribution in [0.1, 0.15) is 11.1 Å². The van der Waals surface area contributed by atoms with Gasteiger partial charge in [-0.1, -0.05) is 29.8 Å². The monoisotopic (exact) mass is 208 g/mol. The van der Waals surface area contributed by atoms with E-state index in [4.69, 9.17) is 5.73 Å². The summed E-state index contributed by atoms with van der Waals surface area (Å²) in [6.45, 7) is 3.86. The molecular formula is C12H20N2O. The van der Waals surface area contributed by atoms with Crippen LogP contribution in [-0.2, 0) is 6.54 Å². The maximum Gasteiger partial charge on any atom is 0.0789 e. The minimum Gasteiger partial charge on any atom is -0.390 e. The fourth-order valence-electron chi connectivity index (χ4n) is 1.62. The zero-order valence-corrected chi connectivity index (χ0v) is 9.48. The Labute approximate surface area is 91.5 Å². The van der Waals surface area contributed by atoms with Gasteiger partial charge in [-0.15, -0.1) is 0 Å². The number of nitrogens with zero attached hydrogens (tertiary/aromatic N) is 1. The predicted molar refractivity (Wildman–Crippen MR) is 62.6 cm³/mol. The molecule has 0 saturated heterocycles. The highest BCUT2D eigenvalue weighted by Gasteiger charge is 2.06. The Morgan fingerprint density at radius 3 is 2.80 bits per heavy atom. The average molecular weight is 208 g/mol. The number of likely N-dealkylation sites (N-methyl/N-ethyl adjacent to an activating group) is 1. The molecule has 1 aromatic carbocycles. The highest BCUT2D eigenvalue weighted by Crippen LogP contribution is 2.06. The molecule has 3 N–H and O–H groups in total. The average Bonchev–Trinajstić information content (AvgIpc) is 2.17. The summed E-state index contributed by atoms with van der Waals surface area (Å²) < 4.78 is 0. The third kappa shape index (κ3) is 4.42. The summed E-state index contributed by atoms with van der Waals surface area (Å²) in [6.07, 6.45) is -0.431. The lowest BCUT2D eigenvalue weighted by atomic mass is 10.1. The lowest BCUT2D eigenvalue weighted by Gasteiger charge is -2.19. The van der Waals surface area contributed by atoms with E-state index in [1.54, 1.807) is 0 Å². The third-order valence-corrected chi connectivity index (χ3v) is 2.33. The van der Waals surface area contributed by atoms with Crippen LogP contribution in [0.2, 0.25) is 0 Å². The first-order valence-corrected chi connectivity index (χ1v) is 5.24. The van der Waals surface area contributed by atoms with Gasteiger partial charge in [0.1, 0.15) is 0 Å². The van der Waals surface area contributed by atoms with Crippen LogP contribution in [0.3, 0.4) is 0 Å². The van der Waals surface area contributed by atoms with Crippen LogP contribution in [0.25, 0.3) is 0 Å². The van der Waals surface area contributed by atoms with Gasteiger partial charge in [0.05, 0.1) is 6.10 Å². The Bertz CT molecular complexity index is 301. The van der Waals surface area contributed by atoms with E-state index in [0.29, 0.717) is 13.1 Å². The summed E-state index contributed by atoms with van der Waals surface area (Å²) in [4.78, 5) is 2.08. The molecule has 0 aliphatic carbocycles. The number of rotatable bonds is 5. The van der Waals surface area contributed by atoms with Crippen molar-refractivity contribution in [1.29, 1.82) is 0 Å². The van der Waals surface area contributed by atoms with Crippen LogP contribution in [-0.4, -0.2) is 36.2 Å².